The zero-order valence-electron chi connectivity index (χ0n) is 9.65. The van der Waals surface area contributed by atoms with Crippen LogP contribution >= 0.6 is 0 Å². The van der Waals surface area contributed by atoms with E-state index in [1.54, 1.807) is 0 Å². The molecule has 84 valence electrons. The van der Waals surface area contributed by atoms with Crippen LogP contribution in [-0.4, -0.2) is 5.78 Å². The molecular formula is C16H14O. The lowest BCUT2D eigenvalue weighted by Gasteiger charge is -2.13. The molecular weight excluding hydrogens is 208 g/mol. The van der Waals surface area contributed by atoms with E-state index in [9.17, 15) is 4.79 Å². The fraction of sp³-hybridized carbons (Fsp3) is 0.188. The molecule has 0 N–H and O–H groups in total. The molecule has 1 nitrogen and oxygen atoms in total. The number of ketones is 1. The van der Waals surface area contributed by atoms with E-state index in [1.807, 2.05) is 24.3 Å². The number of carbonyl (C=O) groups is 1. The first-order valence-electron chi connectivity index (χ1n) is 6.05. The van der Waals surface area contributed by atoms with Crippen molar-refractivity contribution in [2.24, 2.45) is 0 Å². The van der Waals surface area contributed by atoms with Crippen molar-refractivity contribution in [1.82, 2.24) is 0 Å². The first kappa shape index (κ1) is 10.3. The Morgan fingerprint density at radius 3 is 2.76 bits per heavy atom. The van der Waals surface area contributed by atoms with E-state index < -0.39 is 0 Å². The first-order valence-corrected chi connectivity index (χ1v) is 6.05. The highest BCUT2D eigenvalue weighted by Gasteiger charge is 2.14. The highest BCUT2D eigenvalue weighted by molar-refractivity contribution is 6.03. The molecule has 1 aromatic rings. The Morgan fingerprint density at radius 1 is 1.00 bits per heavy atom. The number of rotatable bonds is 1. The van der Waals surface area contributed by atoms with Crippen LogP contribution in [0.5, 0.6) is 0 Å². The van der Waals surface area contributed by atoms with Gasteiger partial charge in [-0.25, -0.2) is 0 Å². The lowest BCUT2D eigenvalue weighted by Crippen LogP contribution is -2.04. The third-order valence-corrected chi connectivity index (χ3v) is 3.28. The molecule has 3 rings (SSSR count). The number of carbonyl (C=O) groups excluding carboxylic acids is 1. The number of hydrogen-bond acceptors (Lipinski definition) is 1. The van der Waals surface area contributed by atoms with Crippen LogP contribution < -0.4 is 0 Å². The van der Waals surface area contributed by atoms with Crippen molar-refractivity contribution in [3.05, 3.63) is 59.2 Å². The minimum absolute atomic E-state index is 0.227. The number of Topliss-reactive ketones (excluding diaryl/α,β-unsaturated/α-hetero) is 1. The van der Waals surface area contributed by atoms with Crippen molar-refractivity contribution in [3.63, 3.8) is 0 Å². The van der Waals surface area contributed by atoms with Crippen LogP contribution in [0.1, 0.15) is 40.7 Å². The fourth-order valence-corrected chi connectivity index (χ4v) is 2.35. The Labute approximate surface area is 101 Å². The van der Waals surface area contributed by atoms with Gasteiger partial charge >= 0.3 is 0 Å². The van der Waals surface area contributed by atoms with Crippen LogP contribution in [0.4, 0.5) is 0 Å². The predicted molar refractivity (Wildman–Crippen MR) is 70.8 cm³/mol. The summed E-state index contributed by atoms with van der Waals surface area (Å²) in [7, 11) is 0. The van der Waals surface area contributed by atoms with Gasteiger partial charge in [0.25, 0.3) is 0 Å². The predicted octanol–water partition coefficient (Wildman–Crippen LogP) is 4.02. The van der Waals surface area contributed by atoms with Crippen LogP contribution in [0.2, 0.25) is 0 Å². The number of allylic oxidation sites excluding steroid dienone is 5. The van der Waals surface area contributed by atoms with Crippen LogP contribution in [-0.2, 0) is 0 Å². The summed E-state index contributed by atoms with van der Waals surface area (Å²) in [6, 6.07) is 6.17. The molecule has 1 heteroatoms. The molecule has 0 saturated heterocycles. The van der Waals surface area contributed by atoms with E-state index >= 15 is 0 Å². The van der Waals surface area contributed by atoms with E-state index in [0.717, 1.165) is 29.5 Å². The van der Waals surface area contributed by atoms with E-state index in [-0.39, 0.29) is 5.78 Å². The topological polar surface area (TPSA) is 17.1 Å². The Balaban J connectivity index is 2.06. The lowest BCUT2D eigenvalue weighted by molar-refractivity contribution is 0.0994. The molecule has 2 aliphatic carbocycles. The standard InChI is InChI=1S/C16H14O/c17-16-8-4-7-13-9-10-14(11-15(13)16)12-5-2-1-3-6-12/h2,4-7,9-11H,1,3,8H2. The number of fused-ring (bicyclic) bond motifs is 1. The Bertz CT molecular complexity index is 559. The largest absolute Gasteiger partial charge is 0.294 e. The molecule has 0 fully saturated rings. The summed E-state index contributed by atoms with van der Waals surface area (Å²) in [5.41, 5.74) is 4.31. The maximum atomic E-state index is 11.8. The second kappa shape index (κ2) is 4.17. The van der Waals surface area contributed by atoms with Gasteiger partial charge in [-0.15, -0.1) is 0 Å². The van der Waals surface area contributed by atoms with Crippen molar-refractivity contribution in [3.8, 4) is 0 Å². The Morgan fingerprint density at radius 2 is 1.94 bits per heavy atom. The Hall–Kier alpha value is -1.89. The molecule has 0 bridgehead atoms. The minimum Gasteiger partial charge on any atom is -0.294 e. The van der Waals surface area contributed by atoms with E-state index in [0.29, 0.717) is 6.42 Å². The summed E-state index contributed by atoms with van der Waals surface area (Å²) in [4.78, 5) is 11.8. The van der Waals surface area contributed by atoms with E-state index in [1.165, 1.54) is 5.57 Å². The Kier molecular flexibility index (Phi) is 2.52. The SMILES string of the molecule is O=C1CC=Cc2ccc(C3=CCCC=C3)cc21. The van der Waals surface area contributed by atoms with Gasteiger partial charge in [-0.05, 0) is 35.6 Å². The zero-order valence-corrected chi connectivity index (χ0v) is 9.65. The molecule has 1 aromatic carbocycles. The first-order chi connectivity index (χ1) is 8.34. The quantitative estimate of drug-likeness (QED) is 0.701. The second-order valence-electron chi connectivity index (χ2n) is 4.47. The molecule has 0 aliphatic heterocycles. The third-order valence-electron chi connectivity index (χ3n) is 3.28. The second-order valence-corrected chi connectivity index (χ2v) is 4.47. The summed E-state index contributed by atoms with van der Waals surface area (Å²) in [6.45, 7) is 0. The summed E-state index contributed by atoms with van der Waals surface area (Å²) in [6.07, 6.45) is 13.3. The van der Waals surface area contributed by atoms with Crippen molar-refractivity contribution in [2.45, 2.75) is 19.3 Å². The number of hydrogen-bond donors (Lipinski definition) is 0. The van der Waals surface area contributed by atoms with Crippen molar-refractivity contribution < 1.29 is 4.79 Å². The fourth-order valence-electron chi connectivity index (χ4n) is 2.35. The molecule has 0 amide bonds. The highest BCUT2D eigenvalue weighted by Crippen LogP contribution is 2.26. The van der Waals surface area contributed by atoms with Gasteiger partial charge in [-0.3, -0.25) is 4.79 Å². The van der Waals surface area contributed by atoms with Crippen LogP contribution in [0.25, 0.3) is 11.6 Å². The van der Waals surface area contributed by atoms with Crippen LogP contribution in [0.3, 0.4) is 0 Å². The van der Waals surface area contributed by atoms with Crippen molar-refractivity contribution in [2.75, 3.05) is 0 Å². The molecule has 0 spiro atoms. The summed E-state index contributed by atoms with van der Waals surface area (Å²) >= 11 is 0. The maximum Gasteiger partial charge on any atom is 0.167 e. The van der Waals surface area contributed by atoms with Gasteiger partial charge in [0, 0.05) is 12.0 Å². The molecule has 0 radical (unpaired) electrons. The molecule has 0 unspecified atom stereocenters. The van der Waals surface area contributed by atoms with Gasteiger partial charge in [0.2, 0.25) is 0 Å². The maximum absolute atomic E-state index is 11.8. The van der Waals surface area contributed by atoms with Crippen molar-refractivity contribution >= 4 is 17.4 Å². The average molecular weight is 222 g/mol. The normalized spacial score (nSPS) is 17.9. The van der Waals surface area contributed by atoms with Gasteiger partial charge < -0.3 is 0 Å². The van der Waals surface area contributed by atoms with E-state index in [4.69, 9.17) is 0 Å². The van der Waals surface area contributed by atoms with Gasteiger partial charge in [0.05, 0.1) is 0 Å². The molecule has 0 aromatic heterocycles. The smallest absolute Gasteiger partial charge is 0.167 e. The van der Waals surface area contributed by atoms with Crippen LogP contribution in [0, 0.1) is 0 Å². The molecule has 0 heterocycles. The van der Waals surface area contributed by atoms with E-state index in [2.05, 4.69) is 24.3 Å². The number of benzene rings is 1. The van der Waals surface area contributed by atoms with Gasteiger partial charge in [0.15, 0.2) is 5.78 Å². The zero-order chi connectivity index (χ0) is 11.7. The van der Waals surface area contributed by atoms with Crippen molar-refractivity contribution in [1.29, 1.82) is 0 Å². The van der Waals surface area contributed by atoms with Gasteiger partial charge in [0.1, 0.15) is 0 Å². The minimum atomic E-state index is 0.227. The summed E-state index contributed by atoms with van der Waals surface area (Å²) in [5, 5.41) is 0. The summed E-state index contributed by atoms with van der Waals surface area (Å²) < 4.78 is 0. The summed E-state index contributed by atoms with van der Waals surface area (Å²) in [5.74, 6) is 0.227. The average Bonchev–Trinajstić information content (AvgIpc) is 2.40. The van der Waals surface area contributed by atoms with Gasteiger partial charge in [-0.2, -0.15) is 0 Å². The molecule has 2 aliphatic rings. The van der Waals surface area contributed by atoms with Gasteiger partial charge in [-0.1, -0.05) is 42.5 Å². The third kappa shape index (κ3) is 1.89. The molecule has 0 saturated carbocycles. The monoisotopic (exact) mass is 222 g/mol. The highest BCUT2D eigenvalue weighted by atomic mass is 16.1. The lowest BCUT2D eigenvalue weighted by atomic mass is 9.91. The van der Waals surface area contributed by atoms with Crippen LogP contribution in [0.15, 0.2) is 42.5 Å². The molecule has 17 heavy (non-hydrogen) atoms. The molecule has 0 atom stereocenters.